The molecule has 96 valence electrons. The maximum Gasteiger partial charge on any atom is 0.246 e. The molecule has 3 heterocycles. The molecule has 0 radical (unpaired) electrons. The lowest BCUT2D eigenvalue weighted by Crippen LogP contribution is -2.57. The normalized spacial score (nSPS) is 25.5. The zero-order valence-corrected chi connectivity index (χ0v) is 11.2. The Bertz CT molecular complexity index is 471. The standard InChI is InChI=1S/C13H16N2O2S/c1-9(10-4-6-18-8-10)15-7-12(16)14-5-2-3-11(14)13(15)17/h4,6,8-9,11H,2-3,5,7H2,1H3. The lowest BCUT2D eigenvalue weighted by molar-refractivity contribution is -0.155. The van der Waals surface area contributed by atoms with Gasteiger partial charge in [0.15, 0.2) is 0 Å². The fourth-order valence-electron chi connectivity index (χ4n) is 2.85. The molecule has 0 aromatic carbocycles. The van der Waals surface area contributed by atoms with E-state index in [0.29, 0.717) is 0 Å². The molecule has 0 aliphatic carbocycles. The van der Waals surface area contributed by atoms with Crippen LogP contribution in [0.3, 0.4) is 0 Å². The molecular formula is C13H16N2O2S. The monoisotopic (exact) mass is 264 g/mol. The molecule has 2 aliphatic rings. The number of carbonyl (C=O) groups excluding carboxylic acids is 2. The summed E-state index contributed by atoms with van der Waals surface area (Å²) in [6.45, 7) is 2.97. The number of thiophene rings is 1. The number of fused-ring (bicyclic) bond motifs is 1. The van der Waals surface area contributed by atoms with Crippen LogP contribution in [0.2, 0.25) is 0 Å². The van der Waals surface area contributed by atoms with Crippen molar-refractivity contribution in [3.8, 4) is 0 Å². The van der Waals surface area contributed by atoms with Crippen molar-refractivity contribution >= 4 is 23.2 Å². The third-order valence-corrected chi connectivity index (χ3v) is 4.64. The third-order valence-electron chi connectivity index (χ3n) is 3.94. The highest BCUT2D eigenvalue weighted by atomic mass is 32.1. The highest BCUT2D eigenvalue weighted by molar-refractivity contribution is 7.07. The van der Waals surface area contributed by atoms with Crippen LogP contribution in [-0.4, -0.2) is 40.7 Å². The van der Waals surface area contributed by atoms with Crippen molar-refractivity contribution in [1.82, 2.24) is 9.80 Å². The van der Waals surface area contributed by atoms with Gasteiger partial charge in [0, 0.05) is 6.54 Å². The first kappa shape index (κ1) is 11.7. The first-order valence-electron chi connectivity index (χ1n) is 6.30. The number of rotatable bonds is 2. The quantitative estimate of drug-likeness (QED) is 0.815. The van der Waals surface area contributed by atoms with Gasteiger partial charge in [-0.05, 0) is 42.2 Å². The number of amides is 2. The van der Waals surface area contributed by atoms with Gasteiger partial charge in [-0.2, -0.15) is 11.3 Å². The Morgan fingerprint density at radius 3 is 3.00 bits per heavy atom. The number of nitrogens with zero attached hydrogens (tertiary/aromatic N) is 2. The fraction of sp³-hybridized carbons (Fsp3) is 0.538. The summed E-state index contributed by atoms with van der Waals surface area (Å²) in [7, 11) is 0. The summed E-state index contributed by atoms with van der Waals surface area (Å²) in [6.07, 6.45) is 1.76. The van der Waals surface area contributed by atoms with Crippen molar-refractivity contribution in [3.05, 3.63) is 22.4 Å². The molecule has 2 saturated heterocycles. The van der Waals surface area contributed by atoms with Crippen LogP contribution in [-0.2, 0) is 9.59 Å². The predicted molar refractivity (Wildman–Crippen MR) is 69.2 cm³/mol. The van der Waals surface area contributed by atoms with Crippen LogP contribution in [0.4, 0.5) is 0 Å². The molecule has 5 heteroatoms. The van der Waals surface area contributed by atoms with E-state index in [1.807, 2.05) is 23.8 Å². The average molecular weight is 264 g/mol. The molecule has 4 nitrogen and oxygen atoms in total. The van der Waals surface area contributed by atoms with Crippen molar-refractivity contribution in [3.63, 3.8) is 0 Å². The Balaban J connectivity index is 1.84. The first-order chi connectivity index (χ1) is 8.68. The van der Waals surface area contributed by atoms with Gasteiger partial charge >= 0.3 is 0 Å². The molecule has 0 spiro atoms. The molecule has 1 aromatic heterocycles. The van der Waals surface area contributed by atoms with Crippen molar-refractivity contribution in [2.75, 3.05) is 13.1 Å². The molecule has 2 fully saturated rings. The van der Waals surface area contributed by atoms with Crippen molar-refractivity contribution < 1.29 is 9.59 Å². The van der Waals surface area contributed by atoms with Crippen LogP contribution >= 0.6 is 11.3 Å². The van der Waals surface area contributed by atoms with E-state index in [9.17, 15) is 9.59 Å². The maximum absolute atomic E-state index is 12.4. The average Bonchev–Trinajstić information content (AvgIpc) is 3.01. The highest BCUT2D eigenvalue weighted by Gasteiger charge is 2.43. The molecule has 2 aliphatic heterocycles. The summed E-state index contributed by atoms with van der Waals surface area (Å²) >= 11 is 1.62. The van der Waals surface area contributed by atoms with Gasteiger partial charge in [0.2, 0.25) is 11.8 Å². The van der Waals surface area contributed by atoms with Gasteiger partial charge in [0.05, 0.1) is 6.04 Å². The molecule has 0 saturated carbocycles. The highest BCUT2D eigenvalue weighted by Crippen LogP contribution is 2.30. The predicted octanol–water partition coefficient (Wildman–Crippen LogP) is 1.64. The van der Waals surface area contributed by atoms with E-state index in [4.69, 9.17) is 0 Å². The van der Waals surface area contributed by atoms with E-state index in [-0.39, 0.29) is 30.4 Å². The van der Waals surface area contributed by atoms with Crippen LogP contribution in [0.25, 0.3) is 0 Å². The van der Waals surface area contributed by atoms with Gasteiger partial charge < -0.3 is 9.80 Å². The molecule has 2 atom stereocenters. The van der Waals surface area contributed by atoms with E-state index in [0.717, 1.165) is 24.9 Å². The molecule has 1 aromatic rings. The lowest BCUT2D eigenvalue weighted by Gasteiger charge is -2.39. The number of carbonyl (C=O) groups is 2. The van der Waals surface area contributed by atoms with Crippen LogP contribution in [0.15, 0.2) is 16.8 Å². The van der Waals surface area contributed by atoms with E-state index in [1.165, 1.54) is 0 Å². The second kappa shape index (κ2) is 4.39. The van der Waals surface area contributed by atoms with Crippen LogP contribution in [0, 0.1) is 0 Å². The van der Waals surface area contributed by atoms with Crippen molar-refractivity contribution in [2.24, 2.45) is 0 Å². The van der Waals surface area contributed by atoms with Gasteiger partial charge in [-0.15, -0.1) is 0 Å². The molecule has 3 rings (SSSR count). The largest absolute Gasteiger partial charge is 0.329 e. The minimum atomic E-state index is -0.202. The summed E-state index contributed by atoms with van der Waals surface area (Å²) in [5.74, 6) is 0.213. The first-order valence-corrected chi connectivity index (χ1v) is 7.25. The Morgan fingerprint density at radius 2 is 2.28 bits per heavy atom. The van der Waals surface area contributed by atoms with E-state index < -0.39 is 0 Å². The van der Waals surface area contributed by atoms with Gasteiger partial charge in [-0.3, -0.25) is 9.59 Å². The number of piperazine rings is 1. The van der Waals surface area contributed by atoms with Crippen molar-refractivity contribution in [1.29, 1.82) is 0 Å². The zero-order chi connectivity index (χ0) is 12.7. The molecule has 0 bridgehead atoms. The smallest absolute Gasteiger partial charge is 0.246 e. The Labute approximate surface area is 110 Å². The summed E-state index contributed by atoms with van der Waals surface area (Å²) in [5.41, 5.74) is 1.12. The maximum atomic E-state index is 12.4. The number of hydrogen-bond donors (Lipinski definition) is 0. The van der Waals surface area contributed by atoms with Gasteiger partial charge in [-0.1, -0.05) is 0 Å². The van der Waals surface area contributed by atoms with E-state index in [2.05, 4.69) is 0 Å². The summed E-state index contributed by atoms with van der Waals surface area (Å²) in [6, 6.07) is 1.82. The molecule has 2 unspecified atom stereocenters. The van der Waals surface area contributed by atoms with E-state index >= 15 is 0 Å². The minimum absolute atomic E-state index is 0.00421. The van der Waals surface area contributed by atoms with Crippen molar-refractivity contribution in [2.45, 2.75) is 31.8 Å². The summed E-state index contributed by atoms with van der Waals surface area (Å²) in [5, 5.41) is 4.05. The van der Waals surface area contributed by atoms with E-state index in [1.54, 1.807) is 21.1 Å². The minimum Gasteiger partial charge on any atom is -0.329 e. The summed E-state index contributed by atoms with van der Waals surface area (Å²) < 4.78 is 0. The Morgan fingerprint density at radius 1 is 1.44 bits per heavy atom. The van der Waals surface area contributed by atoms with Crippen LogP contribution in [0.1, 0.15) is 31.4 Å². The molecule has 18 heavy (non-hydrogen) atoms. The Hall–Kier alpha value is -1.36. The topological polar surface area (TPSA) is 40.6 Å². The second-order valence-electron chi connectivity index (χ2n) is 4.94. The van der Waals surface area contributed by atoms with Gasteiger partial charge in [0.1, 0.15) is 12.6 Å². The van der Waals surface area contributed by atoms with Gasteiger partial charge in [-0.25, -0.2) is 0 Å². The van der Waals surface area contributed by atoms with Crippen LogP contribution in [0.5, 0.6) is 0 Å². The van der Waals surface area contributed by atoms with Gasteiger partial charge in [0.25, 0.3) is 0 Å². The third kappa shape index (κ3) is 1.73. The second-order valence-corrected chi connectivity index (χ2v) is 5.72. The lowest BCUT2D eigenvalue weighted by atomic mass is 10.1. The van der Waals surface area contributed by atoms with Crippen LogP contribution < -0.4 is 0 Å². The Kier molecular flexibility index (Phi) is 2.86. The molecule has 0 N–H and O–H groups in total. The number of hydrogen-bond acceptors (Lipinski definition) is 3. The zero-order valence-electron chi connectivity index (χ0n) is 10.3. The molecular weight excluding hydrogens is 248 g/mol. The fourth-order valence-corrected chi connectivity index (χ4v) is 3.60. The summed E-state index contributed by atoms with van der Waals surface area (Å²) in [4.78, 5) is 27.9. The molecule has 2 amide bonds. The SMILES string of the molecule is CC(c1ccsc1)N1CC(=O)N2CCCC2C1=O.